The minimum absolute atomic E-state index is 0.201. The lowest BCUT2D eigenvalue weighted by Crippen LogP contribution is -2.12. The predicted molar refractivity (Wildman–Crippen MR) is 81.6 cm³/mol. The molecule has 24 heavy (non-hydrogen) atoms. The first kappa shape index (κ1) is 17.0. The number of carbonyl (C=O) groups excluding carboxylic acids is 1. The maximum Gasteiger partial charge on any atom is 0.277 e. The predicted octanol–water partition coefficient (Wildman–Crippen LogP) is 1.95. The number of nitrogens with one attached hydrogen (secondary N) is 1. The third kappa shape index (κ3) is 4.10. The average Bonchev–Trinajstić information content (AvgIpc) is 2.99. The highest BCUT2D eigenvalue weighted by molar-refractivity contribution is 6.05. The molecule has 0 radical (unpaired) electrons. The van der Waals surface area contributed by atoms with Crippen LogP contribution in [0.5, 0.6) is 0 Å². The number of amides is 1. The van der Waals surface area contributed by atoms with E-state index in [1.165, 1.54) is 17.1 Å². The third-order valence-electron chi connectivity index (χ3n) is 2.91. The molecule has 1 aromatic heterocycles. The molecular weight excluding hydrogens is 322 g/mol. The summed E-state index contributed by atoms with van der Waals surface area (Å²) < 4.78 is 6.58. The topological polar surface area (TPSA) is 142 Å². The minimum atomic E-state index is -0.802. The summed E-state index contributed by atoms with van der Waals surface area (Å²) >= 11 is 0. The number of ether oxygens (including phenoxy) is 1. The van der Waals surface area contributed by atoms with Crippen molar-refractivity contribution in [2.45, 2.75) is 13.7 Å². The molecule has 0 spiro atoms. The molecule has 2 rings (SSSR count). The maximum absolute atomic E-state index is 12.2. The van der Waals surface area contributed by atoms with E-state index in [0.29, 0.717) is 12.3 Å². The third-order valence-corrected chi connectivity index (χ3v) is 2.91. The normalized spacial score (nSPS) is 10.4. The lowest BCUT2D eigenvalue weighted by atomic mass is 10.1. The van der Waals surface area contributed by atoms with Gasteiger partial charge in [0.1, 0.15) is 6.73 Å². The van der Waals surface area contributed by atoms with Crippen molar-refractivity contribution in [3.8, 4) is 0 Å². The average molecular weight is 335 g/mol. The van der Waals surface area contributed by atoms with Crippen molar-refractivity contribution < 1.29 is 19.4 Å². The zero-order valence-corrected chi connectivity index (χ0v) is 12.5. The van der Waals surface area contributed by atoms with Crippen molar-refractivity contribution in [1.29, 1.82) is 0 Å². The Labute approximate surface area is 135 Å². The van der Waals surface area contributed by atoms with Gasteiger partial charge in [0, 0.05) is 18.7 Å². The van der Waals surface area contributed by atoms with Gasteiger partial charge in [0.25, 0.3) is 17.3 Å². The summed E-state index contributed by atoms with van der Waals surface area (Å²) in [7, 11) is 0. The van der Waals surface area contributed by atoms with Crippen molar-refractivity contribution in [2.75, 3.05) is 11.9 Å². The highest BCUT2D eigenvalue weighted by Gasteiger charge is 2.20. The molecule has 0 unspecified atom stereocenters. The molecule has 0 saturated carbocycles. The Morgan fingerprint density at radius 2 is 1.88 bits per heavy atom. The number of carbonyl (C=O) groups is 1. The molecule has 1 amide bonds. The molecule has 0 aliphatic carbocycles. The molecule has 1 N–H and O–H groups in total. The van der Waals surface area contributed by atoms with Gasteiger partial charge in [-0.15, -0.1) is 0 Å². The van der Waals surface area contributed by atoms with Gasteiger partial charge in [-0.3, -0.25) is 25.0 Å². The molecule has 0 atom stereocenters. The first-order chi connectivity index (χ1) is 11.4. The summed E-state index contributed by atoms with van der Waals surface area (Å²) in [6, 6.07) is 2.72. The van der Waals surface area contributed by atoms with Crippen LogP contribution in [0.4, 0.5) is 17.1 Å². The Morgan fingerprint density at radius 1 is 1.25 bits per heavy atom. The number of hydrogen-bond donors (Lipinski definition) is 1. The molecule has 1 heterocycles. The molecule has 0 aliphatic rings. The van der Waals surface area contributed by atoms with Gasteiger partial charge in [-0.1, -0.05) is 0 Å². The monoisotopic (exact) mass is 335 g/mol. The number of nitrogens with zero attached hydrogens (tertiary/aromatic N) is 4. The van der Waals surface area contributed by atoms with E-state index in [4.69, 9.17) is 4.74 Å². The van der Waals surface area contributed by atoms with E-state index in [1.807, 2.05) is 6.92 Å². The Balaban J connectivity index is 2.21. The molecular formula is C13H13N5O6. The van der Waals surface area contributed by atoms with E-state index in [1.54, 1.807) is 0 Å². The van der Waals surface area contributed by atoms with Crippen LogP contribution in [0.3, 0.4) is 0 Å². The van der Waals surface area contributed by atoms with Crippen LogP contribution in [0.1, 0.15) is 17.3 Å². The van der Waals surface area contributed by atoms with Crippen LogP contribution in [-0.4, -0.2) is 32.1 Å². The van der Waals surface area contributed by atoms with Gasteiger partial charge in [-0.05, 0) is 6.92 Å². The number of nitro groups is 2. The largest absolute Gasteiger partial charge is 0.360 e. The smallest absolute Gasteiger partial charge is 0.277 e. The Kier molecular flexibility index (Phi) is 5.16. The summed E-state index contributed by atoms with van der Waals surface area (Å²) in [5, 5.41) is 28.1. The van der Waals surface area contributed by atoms with Gasteiger partial charge in [-0.2, -0.15) is 5.10 Å². The van der Waals surface area contributed by atoms with E-state index in [9.17, 15) is 25.0 Å². The van der Waals surface area contributed by atoms with E-state index >= 15 is 0 Å². The van der Waals surface area contributed by atoms with Gasteiger partial charge < -0.3 is 10.1 Å². The van der Waals surface area contributed by atoms with Crippen LogP contribution in [-0.2, 0) is 11.5 Å². The van der Waals surface area contributed by atoms with Gasteiger partial charge in [0.15, 0.2) is 0 Å². The molecule has 0 bridgehead atoms. The van der Waals surface area contributed by atoms with Crippen LogP contribution in [0.15, 0.2) is 30.6 Å². The number of nitro benzene ring substituents is 2. The lowest BCUT2D eigenvalue weighted by molar-refractivity contribution is -0.394. The summed E-state index contributed by atoms with van der Waals surface area (Å²) in [6.45, 7) is 2.52. The highest BCUT2D eigenvalue weighted by Crippen LogP contribution is 2.23. The van der Waals surface area contributed by atoms with Gasteiger partial charge in [-0.25, -0.2) is 4.68 Å². The molecule has 2 aromatic rings. The van der Waals surface area contributed by atoms with E-state index in [2.05, 4.69) is 10.4 Å². The van der Waals surface area contributed by atoms with E-state index < -0.39 is 27.1 Å². The van der Waals surface area contributed by atoms with Gasteiger partial charge in [0.05, 0.1) is 39.6 Å². The minimum Gasteiger partial charge on any atom is -0.360 e. The Morgan fingerprint density at radius 3 is 2.42 bits per heavy atom. The fourth-order valence-electron chi connectivity index (χ4n) is 1.82. The molecule has 0 saturated heterocycles. The number of anilines is 1. The summed E-state index contributed by atoms with van der Waals surface area (Å²) in [6.07, 6.45) is 2.86. The molecule has 0 fully saturated rings. The summed E-state index contributed by atoms with van der Waals surface area (Å²) in [5.74, 6) is -0.724. The quantitative estimate of drug-likeness (QED) is 0.601. The SMILES string of the molecule is CCOCn1cc(NC(=O)c2cc([N+](=O)[O-])cc([N+](=O)[O-])c2)cn1. The fourth-order valence-corrected chi connectivity index (χ4v) is 1.82. The number of hydrogen-bond acceptors (Lipinski definition) is 7. The number of non-ortho nitro benzene ring substituents is 2. The van der Waals surface area contributed by atoms with Crippen LogP contribution in [0.2, 0.25) is 0 Å². The summed E-state index contributed by atoms with van der Waals surface area (Å²) in [4.78, 5) is 32.2. The Bertz CT molecular complexity index is 755. The molecule has 0 aliphatic heterocycles. The van der Waals surface area contributed by atoms with Crippen molar-refractivity contribution in [1.82, 2.24) is 9.78 Å². The van der Waals surface area contributed by atoms with Crippen molar-refractivity contribution >= 4 is 23.0 Å². The van der Waals surface area contributed by atoms with Crippen LogP contribution in [0.25, 0.3) is 0 Å². The molecule has 11 heteroatoms. The highest BCUT2D eigenvalue weighted by atomic mass is 16.6. The first-order valence-electron chi connectivity index (χ1n) is 6.76. The van der Waals surface area contributed by atoms with E-state index in [0.717, 1.165) is 18.2 Å². The zero-order chi connectivity index (χ0) is 17.7. The van der Waals surface area contributed by atoms with Gasteiger partial charge >= 0.3 is 0 Å². The van der Waals surface area contributed by atoms with Crippen molar-refractivity contribution in [3.05, 3.63) is 56.4 Å². The fraction of sp³-hybridized carbons (Fsp3) is 0.231. The molecule has 1 aromatic carbocycles. The second-order valence-electron chi connectivity index (χ2n) is 4.60. The van der Waals surface area contributed by atoms with Crippen LogP contribution in [0, 0.1) is 20.2 Å². The number of aromatic nitrogens is 2. The summed E-state index contributed by atoms with van der Waals surface area (Å²) in [5.41, 5.74) is -0.954. The Hall–Kier alpha value is -3.34. The molecule has 11 nitrogen and oxygen atoms in total. The van der Waals surface area contributed by atoms with Crippen molar-refractivity contribution in [3.63, 3.8) is 0 Å². The number of rotatable bonds is 7. The van der Waals surface area contributed by atoms with E-state index in [-0.39, 0.29) is 12.3 Å². The maximum atomic E-state index is 12.2. The number of benzene rings is 1. The second kappa shape index (κ2) is 7.28. The van der Waals surface area contributed by atoms with Gasteiger partial charge in [0.2, 0.25) is 0 Å². The molecule has 126 valence electrons. The second-order valence-corrected chi connectivity index (χ2v) is 4.60. The first-order valence-corrected chi connectivity index (χ1v) is 6.76. The zero-order valence-electron chi connectivity index (χ0n) is 12.5. The van der Waals surface area contributed by atoms with Crippen LogP contribution < -0.4 is 5.32 Å². The standard InChI is InChI=1S/C13H13N5O6/c1-2-24-8-16-7-10(6-14-16)15-13(19)9-3-11(17(20)21)5-12(4-9)18(22)23/h3-7H,2,8H2,1H3,(H,15,19). The van der Waals surface area contributed by atoms with Crippen LogP contribution >= 0.6 is 0 Å². The van der Waals surface area contributed by atoms with Crippen molar-refractivity contribution in [2.24, 2.45) is 0 Å². The lowest BCUT2D eigenvalue weighted by Gasteiger charge is -2.03.